The highest BCUT2D eigenvalue weighted by atomic mass is 35.5. The minimum atomic E-state index is -1.07. The molecular weight excluding hydrogens is 292 g/mol. The third-order valence-corrected chi connectivity index (χ3v) is 3.36. The summed E-state index contributed by atoms with van der Waals surface area (Å²) in [6.45, 7) is 2.15. The smallest absolute Gasteiger partial charge is 0.339 e. The molecular formula is C16H15ClO4. The van der Waals surface area contributed by atoms with Gasteiger partial charge in [0.25, 0.3) is 0 Å². The highest BCUT2D eigenvalue weighted by molar-refractivity contribution is 6.31. The van der Waals surface area contributed by atoms with Crippen LogP contribution in [0, 0.1) is 6.92 Å². The number of rotatable bonds is 5. The molecule has 0 aromatic heterocycles. The molecule has 4 nitrogen and oxygen atoms in total. The fourth-order valence-electron chi connectivity index (χ4n) is 1.85. The predicted octanol–water partition coefficient (Wildman–Crippen LogP) is 3.93. The molecule has 5 heteroatoms. The van der Waals surface area contributed by atoms with Gasteiger partial charge in [0, 0.05) is 10.6 Å². The zero-order chi connectivity index (χ0) is 15.4. The number of aromatic carboxylic acids is 1. The Labute approximate surface area is 127 Å². The van der Waals surface area contributed by atoms with Gasteiger partial charge in [0.15, 0.2) is 0 Å². The molecule has 0 heterocycles. The maximum atomic E-state index is 11.3. The molecule has 0 aliphatic heterocycles. The van der Waals surface area contributed by atoms with Gasteiger partial charge in [-0.2, -0.15) is 0 Å². The molecule has 0 spiro atoms. The molecule has 0 radical (unpaired) electrons. The van der Waals surface area contributed by atoms with Gasteiger partial charge in [-0.1, -0.05) is 23.7 Å². The van der Waals surface area contributed by atoms with E-state index in [-0.39, 0.29) is 17.9 Å². The van der Waals surface area contributed by atoms with Crippen LogP contribution in [0.5, 0.6) is 11.5 Å². The lowest BCUT2D eigenvalue weighted by atomic mass is 10.1. The molecule has 0 aliphatic carbocycles. The second-order valence-electron chi connectivity index (χ2n) is 4.55. The fraction of sp³-hybridized carbons (Fsp3) is 0.188. The molecule has 110 valence electrons. The summed E-state index contributed by atoms with van der Waals surface area (Å²) >= 11 is 6.13. The van der Waals surface area contributed by atoms with E-state index in [9.17, 15) is 9.90 Å². The van der Waals surface area contributed by atoms with Crippen LogP contribution in [0.25, 0.3) is 0 Å². The molecule has 0 amide bonds. The van der Waals surface area contributed by atoms with Crippen molar-refractivity contribution in [2.75, 3.05) is 7.11 Å². The first kappa shape index (κ1) is 15.2. The quantitative estimate of drug-likeness (QED) is 0.909. The van der Waals surface area contributed by atoms with Crippen LogP contribution in [-0.4, -0.2) is 18.2 Å². The first-order valence-corrected chi connectivity index (χ1v) is 6.68. The number of methoxy groups -OCH3 is 1. The molecule has 0 saturated heterocycles. The van der Waals surface area contributed by atoms with Crippen LogP contribution < -0.4 is 9.47 Å². The summed E-state index contributed by atoms with van der Waals surface area (Å²) in [5.74, 6) is -0.327. The number of halogens is 1. The summed E-state index contributed by atoms with van der Waals surface area (Å²) in [6.07, 6.45) is 0. The summed E-state index contributed by atoms with van der Waals surface area (Å²) in [5, 5.41) is 9.81. The molecule has 0 atom stereocenters. The van der Waals surface area contributed by atoms with Crippen molar-refractivity contribution in [1.82, 2.24) is 0 Å². The Morgan fingerprint density at radius 3 is 2.62 bits per heavy atom. The average molecular weight is 307 g/mol. The highest BCUT2D eigenvalue weighted by Gasteiger charge is 2.13. The number of carboxylic acids is 1. The third-order valence-electron chi connectivity index (χ3n) is 3.01. The van der Waals surface area contributed by atoms with Crippen LogP contribution >= 0.6 is 11.6 Å². The normalized spacial score (nSPS) is 10.2. The summed E-state index contributed by atoms with van der Waals surface area (Å²) in [6, 6.07) is 10.3. The SMILES string of the molecule is COc1ccc(OCc2ccc(C)cc2Cl)c(C(=O)O)c1. The van der Waals surface area contributed by atoms with Gasteiger partial charge >= 0.3 is 5.97 Å². The van der Waals surface area contributed by atoms with Crippen molar-refractivity contribution in [3.8, 4) is 11.5 Å². The number of carbonyl (C=O) groups is 1. The standard InChI is InChI=1S/C16H15ClO4/c1-10-3-4-11(14(17)7-10)9-21-15-6-5-12(20-2)8-13(15)16(18)19/h3-8H,9H2,1-2H3,(H,18,19). The van der Waals surface area contributed by atoms with Gasteiger partial charge < -0.3 is 14.6 Å². The summed E-state index contributed by atoms with van der Waals surface area (Å²) in [4.78, 5) is 11.3. The van der Waals surface area contributed by atoms with Gasteiger partial charge in [0.2, 0.25) is 0 Å². The number of hydrogen-bond donors (Lipinski definition) is 1. The van der Waals surface area contributed by atoms with Crippen LogP contribution in [0.15, 0.2) is 36.4 Å². The molecule has 0 aliphatic rings. The third kappa shape index (κ3) is 3.67. The van der Waals surface area contributed by atoms with Crippen LogP contribution in [0.3, 0.4) is 0 Å². The van der Waals surface area contributed by atoms with Gasteiger partial charge in [-0.15, -0.1) is 0 Å². The van der Waals surface area contributed by atoms with Crippen molar-refractivity contribution in [2.24, 2.45) is 0 Å². The fourth-order valence-corrected chi connectivity index (χ4v) is 2.14. The molecule has 0 bridgehead atoms. The Bertz CT molecular complexity index is 667. The lowest BCUT2D eigenvalue weighted by molar-refractivity contribution is 0.0691. The van der Waals surface area contributed by atoms with E-state index in [1.54, 1.807) is 12.1 Å². The Hall–Kier alpha value is -2.20. The highest BCUT2D eigenvalue weighted by Crippen LogP contribution is 2.26. The maximum Gasteiger partial charge on any atom is 0.339 e. The first-order valence-electron chi connectivity index (χ1n) is 6.30. The monoisotopic (exact) mass is 306 g/mol. The van der Waals surface area contributed by atoms with Gasteiger partial charge in [-0.25, -0.2) is 4.79 Å². The number of ether oxygens (including phenoxy) is 2. The molecule has 1 N–H and O–H groups in total. The molecule has 2 rings (SSSR count). The molecule has 2 aromatic carbocycles. The van der Waals surface area contributed by atoms with E-state index >= 15 is 0 Å². The maximum absolute atomic E-state index is 11.3. The Morgan fingerprint density at radius 1 is 1.24 bits per heavy atom. The van der Waals surface area contributed by atoms with Crippen LogP contribution in [0.1, 0.15) is 21.5 Å². The van der Waals surface area contributed by atoms with E-state index in [1.807, 2.05) is 25.1 Å². The Kier molecular flexibility index (Phi) is 4.70. The van der Waals surface area contributed by atoms with Crippen LogP contribution in [-0.2, 0) is 6.61 Å². The van der Waals surface area contributed by atoms with E-state index in [2.05, 4.69) is 0 Å². The second kappa shape index (κ2) is 6.50. The molecule has 2 aromatic rings. The van der Waals surface area contributed by atoms with Crippen molar-refractivity contribution < 1.29 is 19.4 Å². The van der Waals surface area contributed by atoms with Crippen molar-refractivity contribution in [3.63, 3.8) is 0 Å². The van der Waals surface area contributed by atoms with Gasteiger partial charge in [0.05, 0.1) is 7.11 Å². The van der Waals surface area contributed by atoms with Crippen LogP contribution in [0.2, 0.25) is 5.02 Å². The van der Waals surface area contributed by atoms with E-state index in [0.29, 0.717) is 10.8 Å². The minimum absolute atomic E-state index is 0.0533. The van der Waals surface area contributed by atoms with Gasteiger partial charge in [-0.05, 0) is 36.8 Å². The molecule has 0 fully saturated rings. The summed E-state index contributed by atoms with van der Waals surface area (Å²) in [5.41, 5.74) is 1.91. The lowest BCUT2D eigenvalue weighted by Crippen LogP contribution is -2.04. The predicted molar refractivity (Wildman–Crippen MR) is 80.5 cm³/mol. The van der Waals surface area contributed by atoms with Gasteiger partial charge in [0.1, 0.15) is 23.7 Å². The molecule has 21 heavy (non-hydrogen) atoms. The number of benzene rings is 2. The summed E-state index contributed by atoms with van der Waals surface area (Å²) in [7, 11) is 1.48. The number of hydrogen-bond acceptors (Lipinski definition) is 3. The van der Waals surface area contributed by atoms with Gasteiger partial charge in [-0.3, -0.25) is 0 Å². The van der Waals surface area contributed by atoms with Crippen molar-refractivity contribution >= 4 is 17.6 Å². The minimum Gasteiger partial charge on any atom is -0.497 e. The number of carboxylic acid groups (broad SMARTS) is 1. The number of aryl methyl sites for hydroxylation is 1. The van der Waals surface area contributed by atoms with Crippen molar-refractivity contribution in [1.29, 1.82) is 0 Å². The zero-order valence-electron chi connectivity index (χ0n) is 11.7. The lowest BCUT2D eigenvalue weighted by Gasteiger charge is -2.11. The van der Waals surface area contributed by atoms with E-state index in [1.165, 1.54) is 13.2 Å². The molecule has 0 saturated carbocycles. The Morgan fingerprint density at radius 2 is 2.00 bits per heavy atom. The largest absolute Gasteiger partial charge is 0.497 e. The zero-order valence-corrected chi connectivity index (χ0v) is 12.5. The van der Waals surface area contributed by atoms with Crippen LogP contribution in [0.4, 0.5) is 0 Å². The Balaban J connectivity index is 2.21. The van der Waals surface area contributed by atoms with E-state index in [0.717, 1.165) is 11.1 Å². The van der Waals surface area contributed by atoms with E-state index < -0.39 is 5.97 Å². The molecule has 0 unspecified atom stereocenters. The van der Waals surface area contributed by atoms with Crippen molar-refractivity contribution in [3.05, 3.63) is 58.1 Å². The first-order chi connectivity index (χ1) is 10.0. The average Bonchev–Trinajstić information content (AvgIpc) is 2.46. The summed E-state index contributed by atoms with van der Waals surface area (Å²) < 4.78 is 10.6. The van der Waals surface area contributed by atoms with Crippen molar-refractivity contribution in [2.45, 2.75) is 13.5 Å². The second-order valence-corrected chi connectivity index (χ2v) is 4.96. The van der Waals surface area contributed by atoms with E-state index in [4.69, 9.17) is 21.1 Å². The topological polar surface area (TPSA) is 55.8 Å².